The van der Waals surface area contributed by atoms with E-state index in [0.29, 0.717) is 0 Å². The minimum absolute atomic E-state index is 0.160. The van der Waals surface area contributed by atoms with E-state index in [2.05, 4.69) is 34.2 Å². The third-order valence-electron chi connectivity index (χ3n) is 2.71. The fourth-order valence-electron chi connectivity index (χ4n) is 1.75. The van der Waals surface area contributed by atoms with Gasteiger partial charge < -0.3 is 14.8 Å². The lowest BCUT2D eigenvalue weighted by atomic mass is 10.2. The molecule has 0 saturated heterocycles. The second-order valence-corrected chi connectivity index (χ2v) is 5.00. The van der Waals surface area contributed by atoms with Crippen LogP contribution in [-0.2, 0) is 0 Å². The van der Waals surface area contributed by atoms with E-state index in [1.165, 1.54) is 0 Å². The molecule has 1 heterocycles. The van der Waals surface area contributed by atoms with Crippen LogP contribution >= 0.6 is 15.9 Å². The predicted octanol–water partition coefficient (Wildman–Crippen LogP) is 3.23. The van der Waals surface area contributed by atoms with Crippen molar-refractivity contribution in [1.82, 2.24) is 5.32 Å². The molecule has 92 valence electrons. The largest absolute Gasteiger partial charge is 0.459 e. The fraction of sp³-hybridized carbons (Fsp3) is 0.385. The Hall–Kier alpha value is -0.840. The molecule has 0 radical (unpaired) electrons. The van der Waals surface area contributed by atoms with Crippen molar-refractivity contribution in [2.45, 2.75) is 19.4 Å². The van der Waals surface area contributed by atoms with Crippen LogP contribution in [0.1, 0.15) is 25.1 Å². The smallest absolute Gasteiger partial charge is 0.134 e. The van der Waals surface area contributed by atoms with Gasteiger partial charge >= 0.3 is 0 Å². The molecule has 17 heavy (non-hydrogen) atoms. The highest BCUT2D eigenvalue weighted by atomic mass is 79.9. The summed E-state index contributed by atoms with van der Waals surface area (Å²) in [5.41, 5.74) is 0.902. The Morgan fingerprint density at radius 1 is 1.41 bits per heavy atom. The maximum atomic E-state index is 8.73. The van der Waals surface area contributed by atoms with Gasteiger partial charge in [0.05, 0.1) is 6.04 Å². The number of benzene rings is 1. The summed E-state index contributed by atoms with van der Waals surface area (Å²) in [5, 5.41) is 13.1. The molecule has 2 rings (SSSR count). The van der Waals surface area contributed by atoms with Gasteiger partial charge in [-0.1, -0.05) is 15.9 Å². The molecule has 0 spiro atoms. The Balaban J connectivity index is 2.12. The van der Waals surface area contributed by atoms with Crippen LogP contribution in [0.25, 0.3) is 11.0 Å². The van der Waals surface area contributed by atoms with E-state index in [0.717, 1.165) is 34.2 Å². The van der Waals surface area contributed by atoms with Crippen LogP contribution < -0.4 is 5.32 Å². The van der Waals surface area contributed by atoms with Crippen molar-refractivity contribution in [2.75, 3.05) is 13.2 Å². The van der Waals surface area contributed by atoms with Gasteiger partial charge in [-0.15, -0.1) is 0 Å². The number of fused-ring (bicyclic) bond motifs is 1. The summed E-state index contributed by atoms with van der Waals surface area (Å²) in [5.74, 6) is 0.927. The lowest BCUT2D eigenvalue weighted by molar-refractivity contribution is 0.282. The SMILES string of the molecule is CC(NCCCO)c1cc2cc(Br)ccc2o1. The van der Waals surface area contributed by atoms with Crippen LogP contribution in [0.4, 0.5) is 0 Å². The molecule has 2 aromatic rings. The van der Waals surface area contributed by atoms with Crippen molar-refractivity contribution in [3.8, 4) is 0 Å². The number of halogens is 1. The molecule has 0 amide bonds. The third-order valence-corrected chi connectivity index (χ3v) is 3.20. The van der Waals surface area contributed by atoms with E-state index in [1.54, 1.807) is 0 Å². The van der Waals surface area contributed by atoms with Crippen LogP contribution in [0.3, 0.4) is 0 Å². The zero-order valence-corrected chi connectivity index (χ0v) is 11.3. The zero-order chi connectivity index (χ0) is 12.3. The van der Waals surface area contributed by atoms with Gasteiger partial charge in [0.25, 0.3) is 0 Å². The summed E-state index contributed by atoms with van der Waals surface area (Å²) in [4.78, 5) is 0. The number of rotatable bonds is 5. The van der Waals surface area contributed by atoms with E-state index in [4.69, 9.17) is 9.52 Å². The molecule has 3 nitrogen and oxygen atoms in total. The van der Waals surface area contributed by atoms with Crippen molar-refractivity contribution >= 4 is 26.9 Å². The molecule has 0 bridgehead atoms. The molecule has 0 aliphatic heterocycles. The summed E-state index contributed by atoms with van der Waals surface area (Å²) < 4.78 is 6.82. The molecule has 1 unspecified atom stereocenters. The Morgan fingerprint density at radius 2 is 2.24 bits per heavy atom. The molecule has 0 aliphatic rings. The standard InChI is InChI=1S/C13H16BrNO2/c1-9(15-5-2-6-16)13-8-10-7-11(14)3-4-12(10)17-13/h3-4,7-9,15-16H,2,5-6H2,1H3. The topological polar surface area (TPSA) is 45.4 Å². The second kappa shape index (κ2) is 5.67. The number of furan rings is 1. The first-order valence-electron chi connectivity index (χ1n) is 5.74. The Morgan fingerprint density at radius 3 is 3.00 bits per heavy atom. The molecule has 0 aliphatic carbocycles. The highest BCUT2D eigenvalue weighted by Crippen LogP contribution is 2.26. The van der Waals surface area contributed by atoms with E-state index in [1.807, 2.05) is 18.2 Å². The lowest BCUT2D eigenvalue weighted by Crippen LogP contribution is -2.20. The molecule has 2 N–H and O–H groups in total. The Kier molecular flexibility index (Phi) is 4.20. The summed E-state index contributed by atoms with van der Waals surface area (Å²) in [6.07, 6.45) is 0.760. The van der Waals surface area contributed by atoms with Crippen molar-refractivity contribution in [3.63, 3.8) is 0 Å². The van der Waals surface area contributed by atoms with Crippen molar-refractivity contribution in [1.29, 1.82) is 0 Å². The van der Waals surface area contributed by atoms with Crippen molar-refractivity contribution in [3.05, 3.63) is 34.5 Å². The highest BCUT2D eigenvalue weighted by molar-refractivity contribution is 9.10. The van der Waals surface area contributed by atoms with Gasteiger partial charge in [-0.05, 0) is 44.2 Å². The van der Waals surface area contributed by atoms with E-state index >= 15 is 0 Å². The van der Waals surface area contributed by atoms with E-state index in [-0.39, 0.29) is 12.6 Å². The van der Waals surface area contributed by atoms with E-state index < -0.39 is 0 Å². The molecule has 4 heteroatoms. The van der Waals surface area contributed by atoms with Crippen LogP contribution in [0.15, 0.2) is 33.2 Å². The van der Waals surface area contributed by atoms with Gasteiger partial charge in [-0.25, -0.2) is 0 Å². The van der Waals surface area contributed by atoms with Crippen molar-refractivity contribution in [2.24, 2.45) is 0 Å². The van der Waals surface area contributed by atoms with Gasteiger partial charge in [-0.2, -0.15) is 0 Å². The number of nitrogens with one attached hydrogen (secondary N) is 1. The second-order valence-electron chi connectivity index (χ2n) is 4.08. The lowest BCUT2D eigenvalue weighted by Gasteiger charge is -2.09. The van der Waals surface area contributed by atoms with E-state index in [9.17, 15) is 0 Å². The molecular weight excluding hydrogens is 282 g/mol. The zero-order valence-electron chi connectivity index (χ0n) is 9.74. The van der Waals surface area contributed by atoms with Gasteiger partial charge in [0.2, 0.25) is 0 Å². The van der Waals surface area contributed by atoms with Crippen LogP contribution in [0.2, 0.25) is 0 Å². The summed E-state index contributed by atoms with van der Waals surface area (Å²) >= 11 is 3.44. The molecule has 0 saturated carbocycles. The van der Waals surface area contributed by atoms with Gasteiger partial charge in [0, 0.05) is 16.5 Å². The maximum absolute atomic E-state index is 8.73. The predicted molar refractivity (Wildman–Crippen MR) is 72.0 cm³/mol. The Bertz CT molecular complexity index is 495. The quantitative estimate of drug-likeness (QED) is 0.833. The summed E-state index contributed by atoms with van der Waals surface area (Å²) in [6, 6.07) is 8.19. The molecule has 1 atom stereocenters. The first-order chi connectivity index (χ1) is 8.20. The highest BCUT2D eigenvalue weighted by Gasteiger charge is 2.10. The summed E-state index contributed by atoms with van der Waals surface area (Å²) in [6.45, 7) is 3.06. The molecule has 1 aromatic heterocycles. The number of aliphatic hydroxyl groups is 1. The van der Waals surface area contributed by atoms with Gasteiger partial charge in [-0.3, -0.25) is 0 Å². The van der Waals surface area contributed by atoms with Crippen LogP contribution in [0, 0.1) is 0 Å². The number of aliphatic hydroxyl groups excluding tert-OH is 1. The monoisotopic (exact) mass is 297 g/mol. The number of hydrogen-bond acceptors (Lipinski definition) is 3. The molecule has 0 fully saturated rings. The first-order valence-corrected chi connectivity index (χ1v) is 6.53. The Labute approximate surface area is 109 Å². The minimum atomic E-state index is 0.160. The van der Waals surface area contributed by atoms with Crippen LogP contribution in [0.5, 0.6) is 0 Å². The van der Waals surface area contributed by atoms with Crippen molar-refractivity contribution < 1.29 is 9.52 Å². The third kappa shape index (κ3) is 3.09. The minimum Gasteiger partial charge on any atom is -0.459 e. The van der Waals surface area contributed by atoms with Gasteiger partial charge in [0.1, 0.15) is 11.3 Å². The number of hydrogen-bond donors (Lipinski definition) is 2. The summed E-state index contributed by atoms with van der Waals surface area (Å²) in [7, 11) is 0. The van der Waals surface area contributed by atoms with Gasteiger partial charge in [0.15, 0.2) is 0 Å². The average Bonchev–Trinajstić information content (AvgIpc) is 2.72. The molecular formula is C13H16BrNO2. The average molecular weight is 298 g/mol. The normalized spacial score (nSPS) is 13.1. The van der Waals surface area contributed by atoms with Crippen LogP contribution in [-0.4, -0.2) is 18.3 Å². The fourth-order valence-corrected chi connectivity index (χ4v) is 2.13. The first kappa shape index (κ1) is 12.6. The molecule has 1 aromatic carbocycles. The maximum Gasteiger partial charge on any atom is 0.134 e.